The van der Waals surface area contributed by atoms with Gasteiger partial charge in [-0.3, -0.25) is 0 Å². The number of ether oxygens (including phenoxy) is 3. The van der Waals surface area contributed by atoms with Gasteiger partial charge in [0.15, 0.2) is 34.8 Å². The third-order valence-electron chi connectivity index (χ3n) is 7.22. The van der Waals surface area contributed by atoms with E-state index < -0.39 is 46.0 Å². The summed E-state index contributed by atoms with van der Waals surface area (Å²) in [6.07, 6.45) is 3.48. The molecule has 40 heavy (non-hydrogen) atoms. The minimum absolute atomic E-state index is 0.0676. The van der Waals surface area contributed by atoms with Gasteiger partial charge in [-0.25, -0.2) is 17.6 Å². The first-order chi connectivity index (χ1) is 19.3. The van der Waals surface area contributed by atoms with E-state index in [2.05, 4.69) is 0 Å². The quantitative estimate of drug-likeness (QED) is 0.171. The van der Waals surface area contributed by atoms with Crippen LogP contribution < -0.4 is 9.47 Å². The van der Waals surface area contributed by atoms with Gasteiger partial charge < -0.3 is 14.2 Å². The maximum atomic E-state index is 14.9. The van der Waals surface area contributed by atoms with Crippen molar-refractivity contribution in [2.24, 2.45) is 0 Å². The maximum absolute atomic E-state index is 14.9. The second kappa shape index (κ2) is 13.4. The van der Waals surface area contributed by atoms with Crippen LogP contribution in [0.5, 0.6) is 11.5 Å². The Morgan fingerprint density at radius 2 is 1.25 bits per heavy atom. The summed E-state index contributed by atoms with van der Waals surface area (Å²) < 4.78 is 104. The van der Waals surface area contributed by atoms with Gasteiger partial charge in [-0.2, -0.15) is 8.78 Å². The van der Waals surface area contributed by atoms with Gasteiger partial charge in [0, 0.05) is 16.7 Å². The van der Waals surface area contributed by atoms with Crippen molar-refractivity contribution in [2.45, 2.75) is 71.0 Å². The fourth-order valence-electron chi connectivity index (χ4n) is 4.96. The van der Waals surface area contributed by atoms with Gasteiger partial charge in [-0.1, -0.05) is 31.5 Å². The summed E-state index contributed by atoms with van der Waals surface area (Å²) in [7, 11) is 0. The molecule has 0 radical (unpaired) electrons. The summed E-state index contributed by atoms with van der Waals surface area (Å²) in [5, 5.41) is 0. The Morgan fingerprint density at radius 3 is 1.93 bits per heavy atom. The molecule has 0 amide bonds. The van der Waals surface area contributed by atoms with Crippen molar-refractivity contribution in [1.82, 2.24) is 0 Å². The van der Waals surface area contributed by atoms with Crippen LogP contribution >= 0.6 is 0 Å². The summed E-state index contributed by atoms with van der Waals surface area (Å²) >= 11 is 0. The van der Waals surface area contributed by atoms with Gasteiger partial charge in [0.2, 0.25) is 11.6 Å². The molecule has 4 rings (SSSR count). The van der Waals surface area contributed by atoms with Gasteiger partial charge in [0.05, 0.1) is 25.9 Å². The molecule has 216 valence electrons. The molecule has 0 atom stereocenters. The standard InChI is InChI=1S/C31H32F6O3/c1-3-5-16-39-25-14-12-21(27(33)31(25)37)18-6-9-20(10-7-18)40-17-19-8-11-22(28(34)26(19)32)23-13-15-24(38-4-2)30(36)29(23)35/h8,11-15,18,20H,3-7,9-10,16-17H2,1-2H3. The van der Waals surface area contributed by atoms with Gasteiger partial charge >= 0.3 is 0 Å². The van der Waals surface area contributed by atoms with E-state index in [9.17, 15) is 26.3 Å². The highest BCUT2D eigenvalue weighted by molar-refractivity contribution is 5.66. The van der Waals surface area contributed by atoms with Crippen molar-refractivity contribution in [3.63, 3.8) is 0 Å². The second-order valence-electron chi connectivity index (χ2n) is 9.84. The average molecular weight is 567 g/mol. The average Bonchev–Trinajstić information content (AvgIpc) is 2.95. The van der Waals surface area contributed by atoms with E-state index in [-0.39, 0.29) is 42.3 Å². The summed E-state index contributed by atoms with van der Waals surface area (Å²) in [4.78, 5) is 0. The molecule has 1 aliphatic carbocycles. The lowest BCUT2D eigenvalue weighted by molar-refractivity contribution is 0.0116. The highest BCUT2D eigenvalue weighted by atomic mass is 19.2. The topological polar surface area (TPSA) is 27.7 Å². The van der Waals surface area contributed by atoms with E-state index in [0.717, 1.165) is 25.0 Å². The second-order valence-corrected chi connectivity index (χ2v) is 9.84. The highest BCUT2D eigenvalue weighted by Gasteiger charge is 2.28. The fourth-order valence-corrected chi connectivity index (χ4v) is 4.96. The molecule has 3 nitrogen and oxygen atoms in total. The molecule has 0 heterocycles. The monoisotopic (exact) mass is 566 g/mol. The molecular formula is C31H32F6O3. The molecule has 0 N–H and O–H groups in total. The molecule has 0 spiro atoms. The number of unbranched alkanes of at least 4 members (excludes halogenated alkanes) is 1. The zero-order valence-electron chi connectivity index (χ0n) is 22.5. The van der Waals surface area contributed by atoms with E-state index in [1.54, 1.807) is 13.0 Å². The lowest BCUT2D eigenvalue weighted by Crippen LogP contribution is -2.21. The molecule has 1 fully saturated rings. The highest BCUT2D eigenvalue weighted by Crippen LogP contribution is 2.38. The third kappa shape index (κ3) is 6.40. The van der Waals surface area contributed by atoms with E-state index >= 15 is 0 Å². The van der Waals surface area contributed by atoms with E-state index in [4.69, 9.17) is 14.2 Å². The Morgan fingerprint density at radius 1 is 0.650 bits per heavy atom. The molecule has 3 aromatic rings. The molecule has 0 unspecified atom stereocenters. The summed E-state index contributed by atoms with van der Waals surface area (Å²) in [5.41, 5.74) is -0.618. The molecule has 3 aromatic carbocycles. The van der Waals surface area contributed by atoms with Crippen LogP contribution in [-0.4, -0.2) is 19.3 Å². The number of benzene rings is 3. The van der Waals surface area contributed by atoms with Crippen LogP contribution in [0.1, 0.15) is 69.4 Å². The van der Waals surface area contributed by atoms with E-state index in [0.29, 0.717) is 37.9 Å². The van der Waals surface area contributed by atoms with Crippen molar-refractivity contribution in [3.8, 4) is 22.6 Å². The van der Waals surface area contributed by atoms with E-state index in [1.807, 2.05) is 6.92 Å². The molecule has 0 bridgehead atoms. The Labute approximate surface area is 230 Å². The zero-order chi connectivity index (χ0) is 28.8. The third-order valence-corrected chi connectivity index (χ3v) is 7.22. The van der Waals surface area contributed by atoms with Crippen molar-refractivity contribution < 1.29 is 40.6 Å². The van der Waals surface area contributed by atoms with Crippen LogP contribution in [0.15, 0.2) is 36.4 Å². The first kappa shape index (κ1) is 29.8. The first-order valence-electron chi connectivity index (χ1n) is 13.6. The number of hydrogen-bond donors (Lipinski definition) is 0. The Kier molecular flexibility index (Phi) is 10.0. The summed E-state index contributed by atoms with van der Waals surface area (Å²) in [6, 6.07) is 7.77. The normalized spacial score (nSPS) is 17.2. The number of hydrogen-bond acceptors (Lipinski definition) is 3. The Bertz CT molecular complexity index is 1320. The summed E-state index contributed by atoms with van der Waals surface area (Å²) in [6.45, 7) is 3.79. The molecule has 0 aromatic heterocycles. The van der Waals surface area contributed by atoms with Crippen LogP contribution in [0.3, 0.4) is 0 Å². The van der Waals surface area contributed by atoms with Gasteiger partial charge in [0.1, 0.15) is 0 Å². The molecule has 0 saturated heterocycles. The van der Waals surface area contributed by atoms with Crippen LogP contribution in [0.25, 0.3) is 11.1 Å². The molecule has 0 aliphatic heterocycles. The molecule has 9 heteroatoms. The van der Waals surface area contributed by atoms with Gasteiger partial charge in [-0.05, 0) is 68.7 Å². The first-order valence-corrected chi connectivity index (χ1v) is 13.6. The lowest BCUT2D eigenvalue weighted by atomic mass is 9.82. The van der Waals surface area contributed by atoms with Crippen LogP contribution in [0.2, 0.25) is 0 Å². The van der Waals surface area contributed by atoms with Crippen molar-refractivity contribution in [1.29, 1.82) is 0 Å². The summed E-state index contributed by atoms with van der Waals surface area (Å²) in [5.74, 6) is -7.63. The van der Waals surface area contributed by atoms with Crippen LogP contribution in [-0.2, 0) is 11.3 Å². The number of halogens is 6. The van der Waals surface area contributed by atoms with Crippen LogP contribution in [0, 0.1) is 34.9 Å². The fraction of sp³-hybridized carbons (Fsp3) is 0.419. The Hall–Kier alpha value is -3.20. The SMILES string of the molecule is CCCCOc1ccc(C2CCC(OCc3ccc(-c4ccc(OCC)c(F)c4F)c(F)c3F)CC2)c(F)c1F. The van der Waals surface area contributed by atoms with Gasteiger partial charge in [-0.15, -0.1) is 0 Å². The minimum atomic E-state index is -1.33. The van der Waals surface area contributed by atoms with Gasteiger partial charge in [0.25, 0.3) is 0 Å². The smallest absolute Gasteiger partial charge is 0.201 e. The van der Waals surface area contributed by atoms with Crippen molar-refractivity contribution in [2.75, 3.05) is 13.2 Å². The predicted octanol–water partition coefficient (Wildman–Crippen LogP) is 9.01. The molecular weight excluding hydrogens is 534 g/mol. The zero-order valence-corrected chi connectivity index (χ0v) is 22.5. The maximum Gasteiger partial charge on any atom is 0.201 e. The minimum Gasteiger partial charge on any atom is -0.491 e. The largest absolute Gasteiger partial charge is 0.491 e. The van der Waals surface area contributed by atoms with Crippen molar-refractivity contribution in [3.05, 3.63) is 82.4 Å². The predicted molar refractivity (Wildman–Crippen MR) is 139 cm³/mol. The van der Waals surface area contributed by atoms with E-state index in [1.165, 1.54) is 18.2 Å². The van der Waals surface area contributed by atoms with Crippen molar-refractivity contribution >= 4 is 0 Å². The Balaban J connectivity index is 1.37. The number of rotatable bonds is 11. The lowest BCUT2D eigenvalue weighted by Gasteiger charge is -2.29. The molecule has 1 saturated carbocycles. The van der Waals surface area contributed by atoms with Crippen LogP contribution in [0.4, 0.5) is 26.3 Å². The molecule has 1 aliphatic rings.